The quantitative estimate of drug-likeness (QED) is 0.493. The molecule has 23 heavy (non-hydrogen) atoms. The molecule has 1 aromatic carbocycles. The van der Waals surface area contributed by atoms with E-state index in [1.54, 1.807) is 12.1 Å². The molecule has 1 aliphatic heterocycles. The first-order valence-corrected chi connectivity index (χ1v) is 8.03. The average Bonchev–Trinajstić information content (AvgIpc) is 2.52. The second kappa shape index (κ2) is 8.05. The predicted octanol–water partition coefficient (Wildman–Crippen LogP) is 4.14. The molecule has 1 N–H and O–H groups in total. The zero-order chi connectivity index (χ0) is 16.8. The van der Waals surface area contributed by atoms with Gasteiger partial charge in [0.25, 0.3) is 5.91 Å². The van der Waals surface area contributed by atoms with E-state index in [0.717, 1.165) is 18.4 Å². The van der Waals surface area contributed by atoms with Crippen molar-refractivity contribution in [3.63, 3.8) is 0 Å². The van der Waals surface area contributed by atoms with Gasteiger partial charge in [-0.1, -0.05) is 36.5 Å². The summed E-state index contributed by atoms with van der Waals surface area (Å²) in [5.41, 5.74) is 1.48. The van der Waals surface area contributed by atoms with Crippen molar-refractivity contribution in [1.82, 2.24) is 5.32 Å². The summed E-state index contributed by atoms with van der Waals surface area (Å²) >= 11 is 12.1. The first-order chi connectivity index (χ1) is 11.0. The van der Waals surface area contributed by atoms with Crippen molar-refractivity contribution in [2.75, 3.05) is 13.2 Å². The van der Waals surface area contributed by atoms with Gasteiger partial charge in [-0.2, -0.15) is 5.26 Å². The summed E-state index contributed by atoms with van der Waals surface area (Å²) in [6, 6.07) is 5.26. The second-order valence-corrected chi connectivity index (χ2v) is 5.94. The third-order valence-corrected chi connectivity index (χ3v) is 3.77. The van der Waals surface area contributed by atoms with Gasteiger partial charge in [-0.25, -0.2) is 0 Å². The van der Waals surface area contributed by atoms with Crippen molar-refractivity contribution < 1.29 is 9.53 Å². The van der Waals surface area contributed by atoms with Crippen LogP contribution >= 0.6 is 23.2 Å². The smallest absolute Gasteiger partial charge is 0.261 e. The molecule has 1 aromatic rings. The largest absolute Gasteiger partial charge is 0.487 e. The van der Waals surface area contributed by atoms with E-state index >= 15 is 0 Å². The number of nitriles is 1. The van der Waals surface area contributed by atoms with Gasteiger partial charge in [-0.3, -0.25) is 4.79 Å². The lowest BCUT2D eigenvalue weighted by atomic mass is 10.0. The van der Waals surface area contributed by atoms with Gasteiger partial charge < -0.3 is 10.1 Å². The number of hydrogen-bond donors (Lipinski definition) is 1. The molecular weight excluding hydrogens is 335 g/mol. The van der Waals surface area contributed by atoms with Crippen LogP contribution in [0.3, 0.4) is 0 Å². The highest BCUT2D eigenvalue weighted by atomic mass is 35.5. The molecule has 6 heteroatoms. The van der Waals surface area contributed by atoms with Crippen LogP contribution in [0.2, 0.25) is 10.0 Å². The van der Waals surface area contributed by atoms with Gasteiger partial charge in [-0.15, -0.1) is 0 Å². The molecule has 0 bridgehead atoms. The highest BCUT2D eigenvalue weighted by Crippen LogP contribution is 2.36. The second-order valence-electron chi connectivity index (χ2n) is 5.09. The van der Waals surface area contributed by atoms with Crippen molar-refractivity contribution >= 4 is 35.2 Å². The Morgan fingerprint density at radius 2 is 2.26 bits per heavy atom. The normalized spacial score (nSPS) is 13.5. The highest BCUT2D eigenvalue weighted by Gasteiger charge is 2.16. The molecule has 2 rings (SSSR count). The van der Waals surface area contributed by atoms with Crippen LogP contribution in [-0.2, 0) is 4.79 Å². The Labute approximate surface area is 145 Å². The number of fused-ring (bicyclic) bond motifs is 1. The Kier molecular flexibility index (Phi) is 6.09. The van der Waals surface area contributed by atoms with Crippen LogP contribution in [0.25, 0.3) is 6.08 Å². The predicted molar refractivity (Wildman–Crippen MR) is 91.5 cm³/mol. The summed E-state index contributed by atoms with van der Waals surface area (Å²) in [6.45, 7) is 2.82. The number of carbonyl (C=O) groups excluding carboxylic acids is 1. The molecule has 1 heterocycles. The van der Waals surface area contributed by atoms with Crippen LogP contribution in [0, 0.1) is 11.3 Å². The fourth-order valence-electron chi connectivity index (χ4n) is 2.13. The molecule has 1 amide bonds. The van der Waals surface area contributed by atoms with Crippen LogP contribution in [0.1, 0.15) is 25.3 Å². The number of hydrogen-bond acceptors (Lipinski definition) is 3. The Balaban J connectivity index is 2.22. The van der Waals surface area contributed by atoms with Gasteiger partial charge in [0, 0.05) is 17.1 Å². The van der Waals surface area contributed by atoms with Gasteiger partial charge >= 0.3 is 0 Å². The molecule has 0 unspecified atom stereocenters. The fourth-order valence-corrected chi connectivity index (χ4v) is 2.69. The average molecular weight is 351 g/mol. The Morgan fingerprint density at radius 1 is 1.48 bits per heavy atom. The molecule has 0 atom stereocenters. The van der Waals surface area contributed by atoms with Crippen molar-refractivity contribution in [3.8, 4) is 11.8 Å². The molecule has 0 radical (unpaired) electrons. The highest BCUT2D eigenvalue weighted by molar-refractivity contribution is 6.36. The molecule has 120 valence electrons. The van der Waals surface area contributed by atoms with Gasteiger partial charge in [-0.05, 0) is 36.3 Å². The lowest BCUT2D eigenvalue weighted by molar-refractivity contribution is -0.117. The van der Waals surface area contributed by atoms with Crippen LogP contribution < -0.4 is 10.1 Å². The molecule has 0 aromatic heterocycles. The summed E-state index contributed by atoms with van der Waals surface area (Å²) in [5, 5.41) is 12.8. The summed E-state index contributed by atoms with van der Waals surface area (Å²) in [4.78, 5) is 12.0. The summed E-state index contributed by atoms with van der Waals surface area (Å²) in [5.74, 6) is 0.177. The van der Waals surface area contributed by atoms with E-state index in [1.165, 1.54) is 6.08 Å². The first kappa shape index (κ1) is 17.4. The third-order valence-electron chi connectivity index (χ3n) is 3.27. The van der Waals surface area contributed by atoms with Crippen LogP contribution in [0.15, 0.2) is 29.4 Å². The lowest BCUT2D eigenvalue weighted by Crippen LogP contribution is -2.25. The van der Waals surface area contributed by atoms with Crippen LogP contribution in [-0.4, -0.2) is 19.1 Å². The van der Waals surface area contributed by atoms with Crippen molar-refractivity contribution in [3.05, 3.63) is 45.0 Å². The van der Waals surface area contributed by atoms with Crippen LogP contribution in [0.4, 0.5) is 0 Å². The summed E-state index contributed by atoms with van der Waals surface area (Å²) in [6.07, 6.45) is 5.19. The maximum atomic E-state index is 12.0. The number of unbranched alkanes of at least 4 members (excludes halogenated alkanes) is 1. The summed E-state index contributed by atoms with van der Waals surface area (Å²) < 4.78 is 5.60. The van der Waals surface area contributed by atoms with E-state index in [2.05, 4.69) is 5.32 Å². The van der Waals surface area contributed by atoms with E-state index in [9.17, 15) is 10.1 Å². The van der Waals surface area contributed by atoms with E-state index in [1.807, 2.05) is 19.1 Å². The lowest BCUT2D eigenvalue weighted by Gasteiger charge is -2.18. The van der Waals surface area contributed by atoms with Crippen molar-refractivity contribution in [1.29, 1.82) is 5.26 Å². The third kappa shape index (κ3) is 4.51. The van der Waals surface area contributed by atoms with Gasteiger partial charge in [0.15, 0.2) is 0 Å². The number of benzene rings is 1. The molecular formula is C17H16Cl2N2O2. The first-order valence-electron chi connectivity index (χ1n) is 7.27. The minimum atomic E-state index is -0.378. The zero-order valence-electron chi connectivity index (χ0n) is 12.7. The SMILES string of the molecule is CCCCNC(=O)/C(C#N)=C\C1=Cc2cc(Cl)cc(Cl)c2OC1. The molecule has 0 saturated carbocycles. The Bertz CT molecular complexity index is 718. The topological polar surface area (TPSA) is 62.1 Å². The summed E-state index contributed by atoms with van der Waals surface area (Å²) in [7, 11) is 0. The van der Waals surface area contributed by atoms with E-state index < -0.39 is 0 Å². The van der Waals surface area contributed by atoms with E-state index in [0.29, 0.717) is 27.9 Å². The standard InChI is InChI=1S/C17H16Cl2N2O2/c1-2-3-4-21-17(22)13(9-20)6-11-5-12-7-14(18)8-15(19)16(12)23-10-11/h5-8H,2-4,10H2,1H3,(H,21,22)/b13-6-. The molecule has 0 spiro atoms. The van der Waals surface area contributed by atoms with Crippen molar-refractivity contribution in [2.45, 2.75) is 19.8 Å². The molecule has 4 nitrogen and oxygen atoms in total. The monoisotopic (exact) mass is 350 g/mol. The maximum Gasteiger partial charge on any atom is 0.261 e. The molecule has 0 fully saturated rings. The number of rotatable bonds is 5. The van der Waals surface area contributed by atoms with Gasteiger partial charge in [0.2, 0.25) is 0 Å². The number of carbonyl (C=O) groups is 1. The number of halogens is 2. The molecule has 0 aliphatic carbocycles. The van der Waals surface area contributed by atoms with E-state index in [4.69, 9.17) is 27.9 Å². The fraction of sp³-hybridized carbons (Fsp3) is 0.294. The molecule has 1 aliphatic rings. The van der Waals surface area contributed by atoms with Gasteiger partial charge in [0.05, 0.1) is 5.02 Å². The minimum absolute atomic E-state index is 0.0486. The number of amides is 1. The maximum absolute atomic E-state index is 12.0. The number of nitrogens with one attached hydrogen (secondary N) is 1. The Morgan fingerprint density at radius 3 is 2.96 bits per heavy atom. The van der Waals surface area contributed by atoms with Gasteiger partial charge in [0.1, 0.15) is 24.0 Å². The Hall–Kier alpha value is -1.96. The van der Waals surface area contributed by atoms with E-state index in [-0.39, 0.29) is 18.1 Å². The van der Waals surface area contributed by atoms with Crippen LogP contribution in [0.5, 0.6) is 5.75 Å². The zero-order valence-corrected chi connectivity index (χ0v) is 14.2. The van der Waals surface area contributed by atoms with Crippen molar-refractivity contribution in [2.24, 2.45) is 0 Å². The minimum Gasteiger partial charge on any atom is -0.487 e. The number of nitrogens with zero attached hydrogens (tertiary/aromatic N) is 1. The molecule has 0 saturated heterocycles. The number of ether oxygens (including phenoxy) is 1.